The highest BCUT2D eigenvalue weighted by atomic mass is 16.5. The van der Waals surface area contributed by atoms with E-state index in [0.29, 0.717) is 33.0 Å². The first-order valence-corrected chi connectivity index (χ1v) is 8.56. The molecule has 0 unspecified atom stereocenters. The Kier molecular flexibility index (Phi) is 11.2. The number of nitrogens with one attached hydrogen (secondary N) is 2. The van der Waals surface area contributed by atoms with E-state index < -0.39 is 0 Å². The number of aliphatic imine (C=N–C) groups is 1. The molecule has 0 atom stereocenters. The van der Waals surface area contributed by atoms with Crippen LogP contribution >= 0.6 is 0 Å². The van der Waals surface area contributed by atoms with Gasteiger partial charge in [0.1, 0.15) is 0 Å². The van der Waals surface area contributed by atoms with Crippen LogP contribution in [0.1, 0.15) is 18.9 Å². The molecule has 0 fully saturated rings. The molecule has 0 bridgehead atoms. The van der Waals surface area contributed by atoms with Crippen LogP contribution in [0.15, 0.2) is 23.2 Å². The predicted octanol–water partition coefficient (Wildman–Crippen LogP) is 1.81. The third-order valence-corrected chi connectivity index (χ3v) is 3.40. The number of methoxy groups -OCH3 is 2. The highest BCUT2D eigenvalue weighted by molar-refractivity contribution is 5.79. The summed E-state index contributed by atoms with van der Waals surface area (Å²) in [7, 11) is 5.06. The molecule has 0 radical (unpaired) electrons. The fourth-order valence-electron chi connectivity index (χ4n) is 2.13. The number of nitrogens with zero attached hydrogens (tertiary/aromatic N) is 1. The van der Waals surface area contributed by atoms with Gasteiger partial charge in [-0.1, -0.05) is 6.07 Å². The minimum atomic E-state index is 0.600. The van der Waals surface area contributed by atoms with E-state index in [1.54, 1.807) is 21.3 Å². The van der Waals surface area contributed by atoms with Gasteiger partial charge in [-0.3, -0.25) is 4.99 Å². The lowest BCUT2D eigenvalue weighted by Crippen LogP contribution is -2.37. The van der Waals surface area contributed by atoms with Crippen molar-refractivity contribution in [2.75, 3.05) is 54.2 Å². The maximum absolute atomic E-state index is 5.60. The molecule has 0 spiro atoms. The number of guanidine groups is 1. The van der Waals surface area contributed by atoms with Gasteiger partial charge < -0.3 is 29.6 Å². The normalized spacial score (nSPS) is 11.3. The number of hydrogen-bond donors (Lipinski definition) is 2. The summed E-state index contributed by atoms with van der Waals surface area (Å²) in [4.78, 5) is 4.22. The first kappa shape index (κ1) is 21.1. The van der Waals surface area contributed by atoms with Gasteiger partial charge in [-0.15, -0.1) is 0 Å². The Morgan fingerprint density at radius 1 is 1.08 bits per heavy atom. The Morgan fingerprint density at radius 3 is 2.60 bits per heavy atom. The minimum Gasteiger partial charge on any atom is -0.493 e. The third-order valence-electron chi connectivity index (χ3n) is 3.40. The molecule has 0 aliphatic rings. The Balaban J connectivity index is 2.35. The van der Waals surface area contributed by atoms with E-state index in [9.17, 15) is 0 Å². The number of benzene rings is 1. The average Bonchev–Trinajstić information content (AvgIpc) is 2.64. The second kappa shape index (κ2) is 13.3. The first-order valence-electron chi connectivity index (χ1n) is 8.56. The van der Waals surface area contributed by atoms with Crippen LogP contribution < -0.4 is 20.1 Å². The molecule has 2 N–H and O–H groups in total. The monoisotopic (exact) mass is 353 g/mol. The van der Waals surface area contributed by atoms with Crippen LogP contribution in [0.25, 0.3) is 0 Å². The van der Waals surface area contributed by atoms with Gasteiger partial charge in [0, 0.05) is 33.9 Å². The van der Waals surface area contributed by atoms with E-state index in [4.69, 9.17) is 18.9 Å². The summed E-state index contributed by atoms with van der Waals surface area (Å²) < 4.78 is 21.3. The molecule has 0 aliphatic carbocycles. The van der Waals surface area contributed by atoms with Gasteiger partial charge in [-0.2, -0.15) is 0 Å². The van der Waals surface area contributed by atoms with Crippen LogP contribution in [-0.4, -0.2) is 60.2 Å². The lowest BCUT2D eigenvalue weighted by molar-refractivity contribution is 0.0698. The molecule has 25 heavy (non-hydrogen) atoms. The number of ether oxygens (including phenoxy) is 4. The van der Waals surface area contributed by atoms with E-state index in [1.807, 2.05) is 25.1 Å². The second-order valence-electron chi connectivity index (χ2n) is 5.23. The fraction of sp³-hybridized carbons (Fsp3) is 0.611. The topological polar surface area (TPSA) is 73.3 Å². The molecule has 0 saturated heterocycles. The zero-order chi connectivity index (χ0) is 18.3. The van der Waals surface area contributed by atoms with Gasteiger partial charge in [0.05, 0.1) is 26.9 Å². The van der Waals surface area contributed by atoms with E-state index >= 15 is 0 Å². The molecule has 0 heterocycles. The van der Waals surface area contributed by atoms with Crippen molar-refractivity contribution < 1.29 is 18.9 Å². The van der Waals surface area contributed by atoms with Gasteiger partial charge in [0.15, 0.2) is 17.5 Å². The van der Waals surface area contributed by atoms with Gasteiger partial charge in [-0.25, -0.2) is 0 Å². The summed E-state index contributed by atoms with van der Waals surface area (Å²) >= 11 is 0. The van der Waals surface area contributed by atoms with Crippen molar-refractivity contribution in [1.82, 2.24) is 10.6 Å². The maximum Gasteiger partial charge on any atom is 0.191 e. The molecule has 7 heteroatoms. The summed E-state index contributed by atoms with van der Waals surface area (Å²) in [5, 5.41) is 6.55. The van der Waals surface area contributed by atoms with Gasteiger partial charge in [0.2, 0.25) is 0 Å². The molecule has 1 aromatic carbocycles. The van der Waals surface area contributed by atoms with Crippen LogP contribution in [-0.2, 0) is 16.0 Å². The van der Waals surface area contributed by atoms with Crippen LogP contribution in [0.2, 0.25) is 0 Å². The van der Waals surface area contributed by atoms with E-state index in [-0.39, 0.29) is 0 Å². The molecule has 0 saturated carbocycles. The summed E-state index contributed by atoms with van der Waals surface area (Å²) in [6, 6.07) is 5.90. The van der Waals surface area contributed by atoms with Gasteiger partial charge in [0.25, 0.3) is 0 Å². The average molecular weight is 353 g/mol. The van der Waals surface area contributed by atoms with E-state index in [0.717, 1.165) is 36.0 Å². The Bertz CT molecular complexity index is 509. The van der Waals surface area contributed by atoms with Crippen molar-refractivity contribution in [2.45, 2.75) is 19.9 Å². The Morgan fingerprint density at radius 2 is 1.92 bits per heavy atom. The Labute approximate surface area is 150 Å². The van der Waals surface area contributed by atoms with Crippen LogP contribution in [0.5, 0.6) is 11.5 Å². The van der Waals surface area contributed by atoms with Crippen LogP contribution in [0.3, 0.4) is 0 Å². The maximum atomic E-state index is 5.60. The minimum absolute atomic E-state index is 0.600. The van der Waals surface area contributed by atoms with E-state index in [2.05, 4.69) is 15.6 Å². The summed E-state index contributed by atoms with van der Waals surface area (Å²) in [6.45, 7) is 5.94. The molecule has 1 aromatic rings. The van der Waals surface area contributed by atoms with Crippen LogP contribution in [0, 0.1) is 0 Å². The van der Waals surface area contributed by atoms with Crippen molar-refractivity contribution in [1.29, 1.82) is 0 Å². The van der Waals surface area contributed by atoms with Crippen molar-refractivity contribution in [3.63, 3.8) is 0 Å². The molecular weight excluding hydrogens is 322 g/mol. The van der Waals surface area contributed by atoms with Gasteiger partial charge >= 0.3 is 0 Å². The number of hydrogen-bond acceptors (Lipinski definition) is 5. The second-order valence-corrected chi connectivity index (χ2v) is 5.23. The molecule has 142 valence electrons. The quantitative estimate of drug-likeness (QED) is 0.339. The largest absolute Gasteiger partial charge is 0.493 e. The Hall–Kier alpha value is -1.99. The van der Waals surface area contributed by atoms with Crippen molar-refractivity contribution >= 4 is 5.96 Å². The zero-order valence-electron chi connectivity index (χ0n) is 15.8. The third kappa shape index (κ3) is 8.60. The molecule has 0 aromatic heterocycles. The van der Waals surface area contributed by atoms with Crippen molar-refractivity contribution in [3.8, 4) is 11.5 Å². The molecular formula is C18H31N3O4. The lowest BCUT2D eigenvalue weighted by Gasteiger charge is -2.14. The molecule has 0 amide bonds. The van der Waals surface area contributed by atoms with Crippen LogP contribution in [0.4, 0.5) is 0 Å². The summed E-state index contributed by atoms with van der Waals surface area (Å²) in [5.41, 5.74) is 1.09. The van der Waals surface area contributed by atoms with Gasteiger partial charge in [-0.05, 0) is 31.0 Å². The predicted molar refractivity (Wildman–Crippen MR) is 99.7 cm³/mol. The summed E-state index contributed by atoms with van der Waals surface area (Å²) in [6.07, 6.45) is 0.904. The smallest absolute Gasteiger partial charge is 0.191 e. The molecule has 0 aliphatic heterocycles. The molecule has 1 rings (SSSR count). The van der Waals surface area contributed by atoms with Crippen molar-refractivity contribution in [3.05, 3.63) is 23.8 Å². The first-order chi connectivity index (χ1) is 12.2. The zero-order valence-corrected chi connectivity index (χ0v) is 15.8. The fourth-order valence-corrected chi connectivity index (χ4v) is 2.13. The highest BCUT2D eigenvalue weighted by Gasteiger charge is 2.06. The lowest BCUT2D eigenvalue weighted by atomic mass is 10.2. The highest BCUT2D eigenvalue weighted by Crippen LogP contribution is 2.27. The molecule has 7 nitrogen and oxygen atoms in total. The van der Waals surface area contributed by atoms with E-state index in [1.165, 1.54) is 0 Å². The van der Waals surface area contributed by atoms with Crippen molar-refractivity contribution in [2.24, 2.45) is 4.99 Å². The SMILES string of the molecule is CCOc1cc(CNC(=NC)NCCCOCCOC)ccc1OC. The summed E-state index contributed by atoms with van der Waals surface area (Å²) in [5.74, 6) is 2.24. The number of rotatable bonds is 12. The standard InChI is InChI=1S/C18H31N3O4/c1-5-25-17-13-15(7-8-16(17)23-4)14-21-18(19-2)20-9-6-10-24-12-11-22-3/h7-8,13H,5-6,9-12,14H2,1-4H3,(H2,19,20,21).